The molecule has 0 spiro atoms. The number of methoxy groups -OCH3 is 1. The van der Waals surface area contributed by atoms with E-state index in [0.29, 0.717) is 6.61 Å². The van der Waals surface area contributed by atoms with E-state index in [1.807, 2.05) is 24.3 Å². The second-order valence-corrected chi connectivity index (χ2v) is 4.05. The zero-order valence-corrected chi connectivity index (χ0v) is 10.1. The van der Waals surface area contributed by atoms with Crippen molar-refractivity contribution in [3.8, 4) is 11.5 Å². The molecule has 0 radical (unpaired) electrons. The second-order valence-electron chi connectivity index (χ2n) is 4.05. The molecular weight excluding hydrogens is 218 g/mol. The Morgan fingerprint density at radius 3 is 3.00 bits per heavy atom. The third-order valence-corrected chi connectivity index (χ3v) is 2.64. The number of hydrogen-bond donors (Lipinski definition) is 1. The monoisotopic (exact) mass is 237 g/mol. The van der Waals surface area contributed by atoms with Crippen LogP contribution in [0.15, 0.2) is 24.3 Å². The van der Waals surface area contributed by atoms with Gasteiger partial charge in [-0.15, -0.1) is 0 Å². The molecule has 0 amide bonds. The van der Waals surface area contributed by atoms with Gasteiger partial charge in [-0.05, 0) is 25.1 Å². The summed E-state index contributed by atoms with van der Waals surface area (Å²) in [6.07, 6.45) is 1.10. The molecule has 1 aliphatic heterocycles. The van der Waals surface area contributed by atoms with Gasteiger partial charge in [0.1, 0.15) is 12.7 Å². The molecule has 0 bridgehead atoms. The minimum atomic E-state index is 0.0902. The summed E-state index contributed by atoms with van der Waals surface area (Å²) in [5, 5.41) is 3.34. The summed E-state index contributed by atoms with van der Waals surface area (Å²) in [5.41, 5.74) is 0. The van der Waals surface area contributed by atoms with Crippen molar-refractivity contribution in [1.82, 2.24) is 5.32 Å². The molecule has 1 heterocycles. The van der Waals surface area contributed by atoms with Crippen molar-refractivity contribution >= 4 is 0 Å². The molecule has 0 unspecified atom stereocenters. The molecule has 0 saturated carbocycles. The van der Waals surface area contributed by atoms with E-state index in [1.165, 1.54) is 0 Å². The highest BCUT2D eigenvalue weighted by Gasteiger charge is 2.19. The minimum absolute atomic E-state index is 0.0902. The zero-order chi connectivity index (χ0) is 11.9. The van der Waals surface area contributed by atoms with Crippen LogP contribution in [-0.4, -0.2) is 39.5 Å². The van der Waals surface area contributed by atoms with Crippen LogP contribution in [0.5, 0.6) is 11.5 Å². The SMILES string of the molecule is COCCCNC[C@@H]1COc2ccccc2O1. The third-order valence-electron chi connectivity index (χ3n) is 2.64. The maximum Gasteiger partial charge on any atom is 0.161 e. The standard InChI is InChI=1S/C13H19NO3/c1-15-8-4-7-14-9-11-10-16-12-5-2-3-6-13(12)17-11/h2-3,5-6,11,14H,4,7-10H2,1H3/t11-/m1/s1. The number of ether oxygens (including phenoxy) is 3. The molecule has 1 aliphatic rings. The Bertz CT molecular complexity index is 343. The lowest BCUT2D eigenvalue weighted by Crippen LogP contribution is -2.38. The molecule has 2 rings (SSSR count). The number of para-hydroxylation sites is 2. The fourth-order valence-electron chi connectivity index (χ4n) is 1.77. The molecule has 4 heteroatoms. The van der Waals surface area contributed by atoms with E-state index in [9.17, 15) is 0 Å². The lowest BCUT2D eigenvalue weighted by Gasteiger charge is -2.26. The van der Waals surface area contributed by atoms with Crippen LogP contribution in [-0.2, 0) is 4.74 Å². The summed E-state index contributed by atoms with van der Waals surface area (Å²) in [6.45, 7) is 3.14. The predicted molar refractivity (Wildman–Crippen MR) is 65.7 cm³/mol. The van der Waals surface area contributed by atoms with Gasteiger partial charge in [-0.25, -0.2) is 0 Å². The van der Waals surface area contributed by atoms with Crippen molar-refractivity contribution in [1.29, 1.82) is 0 Å². The van der Waals surface area contributed by atoms with Gasteiger partial charge in [0.25, 0.3) is 0 Å². The van der Waals surface area contributed by atoms with Gasteiger partial charge < -0.3 is 19.5 Å². The third kappa shape index (κ3) is 3.61. The number of hydrogen-bond acceptors (Lipinski definition) is 4. The molecule has 0 aromatic heterocycles. The van der Waals surface area contributed by atoms with Crippen molar-refractivity contribution in [2.75, 3.05) is 33.4 Å². The quantitative estimate of drug-likeness (QED) is 0.760. The lowest BCUT2D eigenvalue weighted by molar-refractivity contribution is 0.0898. The van der Waals surface area contributed by atoms with Gasteiger partial charge in [0.2, 0.25) is 0 Å². The molecular formula is C13H19NO3. The Labute approximate surface area is 102 Å². The summed E-state index contributed by atoms with van der Waals surface area (Å²) < 4.78 is 16.4. The highest BCUT2D eigenvalue weighted by atomic mass is 16.6. The molecule has 17 heavy (non-hydrogen) atoms. The van der Waals surface area contributed by atoms with Crippen LogP contribution >= 0.6 is 0 Å². The largest absolute Gasteiger partial charge is 0.486 e. The summed E-state index contributed by atoms with van der Waals surface area (Å²) in [7, 11) is 1.72. The first-order valence-corrected chi connectivity index (χ1v) is 5.98. The summed E-state index contributed by atoms with van der Waals surface area (Å²) >= 11 is 0. The molecule has 0 aliphatic carbocycles. The van der Waals surface area contributed by atoms with Gasteiger partial charge in [-0.2, -0.15) is 0 Å². The predicted octanol–water partition coefficient (Wildman–Crippen LogP) is 1.45. The summed E-state index contributed by atoms with van der Waals surface area (Å²) in [6, 6.07) is 7.77. The zero-order valence-electron chi connectivity index (χ0n) is 10.1. The minimum Gasteiger partial charge on any atom is -0.486 e. The average Bonchev–Trinajstić information content (AvgIpc) is 2.38. The molecule has 1 aromatic carbocycles. The summed E-state index contributed by atoms with van der Waals surface area (Å²) in [5.74, 6) is 1.67. The molecule has 94 valence electrons. The van der Waals surface area contributed by atoms with E-state index in [0.717, 1.165) is 37.6 Å². The van der Waals surface area contributed by atoms with Crippen LogP contribution in [0.2, 0.25) is 0 Å². The van der Waals surface area contributed by atoms with Gasteiger partial charge in [-0.3, -0.25) is 0 Å². The Balaban J connectivity index is 1.71. The molecule has 1 atom stereocenters. The van der Waals surface area contributed by atoms with Crippen molar-refractivity contribution < 1.29 is 14.2 Å². The van der Waals surface area contributed by atoms with Crippen LogP contribution < -0.4 is 14.8 Å². The Morgan fingerprint density at radius 1 is 1.35 bits per heavy atom. The molecule has 0 fully saturated rings. The molecule has 1 aromatic rings. The van der Waals surface area contributed by atoms with Crippen molar-refractivity contribution in [2.45, 2.75) is 12.5 Å². The first-order chi connectivity index (χ1) is 8.40. The van der Waals surface area contributed by atoms with Crippen LogP contribution in [0.4, 0.5) is 0 Å². The Morgan fingerprint density at radius 2 is 2.18 bits per heavy atom. The van der Waals surface area contributed by atoms with Crippen LogP contribution in [0.25, 0.3) is 0 Å². The van der Waals surface area contributed by atoms with Gasteiger partial charge >= 0.3 is 0 Å². The highest BCUT2D eigenvalue weighted by molar-refractivity contribution is 5.40. The maximum absolute atomic E-state index is 5.82. The highest BCUT2D eigenvalue weighted by Crippen LogP contribution is 2.30. The fraction of sp³-hybridized carbons (Fsp3) is 0.538. The first-order valence-electron chi connectivity index (χ1n) is 5.98. The maximum atomic E-state index is 5.82. The second kappa shape index (κ2) is 6.47. The Hall–Kier alpha value is -1.26. The number of fused-ring (bicyclic) bond motifs is 1. The van der Waals surface area contributed by atoms with Crippen molar-refractivity contribution in [2.24, 2.45) is 0 Å². The molecule has 1 N–H and O–H groups in total. The van der Waals surface area contributed by atoms with E-state index < -0.39 is 0 Å². The van der Waals surface area contributed by atoms with Crippen LogP contribution in [0.1, 0.15) is 6.42 Å². The normalized spacial score (nSPS) is 18.1. The number of rotatable bonds is 6. The fourth-order valence-corrected chi connectivity index (χ4v) is 1.77. The van der Waals surface area contributed by atoms with Crippen LogP contribution in [0.3, 0.4) is 0 Å². The van der Waals surface area contributed by atoms with Crippen molar-refractivity contribution in [3.63, 3.8) is 0 Å². The van der Waals surface area contributed by atoms with Gasteiger partial charge in [-0.1, -0.05) is 12.1 Å². The number of benzene rings is 1. The average molecular weight is 237 g/mol. The van der Waals surface area contributed by atoms with E-state index >= 15 is 0 Å². The molecule has 4 nitrogen and oxygen atoms in total. The topological polar surface area (TPSA) is 39.7 Å². The van der Waals surface area contributed by atoms with E-state index in [2.05, 4.69) is 5.32 Å². The lowest BCUT2D eigenvalue weighted by atomic mass is 10.2. The number of nitrogens with one attached hydrogen (secondary N) is 1. The molecule has 0 saturated heterocycles. The van der Waals surface area contributed by atoms with Gasteiger partial charge in [0.15, 0.2) is 11.5 Å². The van der Waals surface area contributed by atoms with E-state index in [1.54, 1.807) is 7.11 Å². The smallest absolute Gasteiger partial charge is 0.161 e. The Kier molecular flexibility index (Phi) is 4.64. The first kappa shape index (κ1) is 12.2. The van der Waals surface area contributed by atoms with Gasteiger partial charge in [0.05, 0.1) is 0 Å². The van der Waals surface area contributed by atoms with Crippen LogP contribution in [0, 0.1) is 0 Å². The van der Waals surface area contributed by atoms with Gasteiger partial charge in [0, 0.05) is 20.3 Å². The summed E-state index contributed by atoms with van der Waals surface area (Å²) in [4.78, 5) is 0. The van der Waals surface area contributed by atoms with Crippen molar-refractivity contribution in [3.05, 3.63) is 24.3 Å². The van der Waals surface area contributed by atoms with E-state index in [-0.39, 0.29) is 6.10 Å². The van der Waals surface area contributed by atoms with E-state index in [4.69, 9.17) is 14.2 Å².